The number of ether oxygens (including phenoxy) is 2. The maximum Gasteiger partial charge on any atom is 0.336 e. The van der Waals surface area contributed by atoms with Crippen LogP contribution in [0.15, 0.2) is 45.1 Å². The van der Waals surface area contributed by atoms with Gasteiger partial charge in [0.15, 0.2) is 0 Å². The Kier molecular flexibility index (Phi) is 4.39. The third kappa shape index (κ3) is 3.58. The number of fused-ring (bicyclic) bond motifs is 2. The van der Waals surface area contributed by atoms with Crippen LogP contribution in [0.1, 0.15) is 26.3 Å². The van der Waals surface area contributed by atoms with Crippen molar-refractivity contribution in [3.05, 3.63) is 51.9 Å². The predicted octanol–water partition coefficient (Wildman–Crippen LogP) is 2.36. The standard InChI is InChI=1S/C19H20O6/c1-11(10-20)6-18(22)24-16-8-13-7-12-4-5-17(21)23-14(12)9-15(13)25-19(16,2)3/h4-7,9,16,20H,8,10H2,1-3H3/t16-/m0/s1. The molecule has 0 aliphatic carbocycles. The van der Waals surface area contributed by atoms with E-state index in [0.717, 1.165) is 10.9 Å². The molecule has 2 aromatic rings. The van der Waals surface area contributed by atoms with Gasteiger partial charge in [0, 0.05) is 30.0 Å². The summed E-state index contributed by atoms with van der Waals surface area (Å²) in [5.74, 6) is 0.102. The second kappa shape index (κ2) is 6.37. The minimum absolute atomic E-state index is 0.195. The van der Waals surface area contributed by atoms with Crippen LogP contribution in [0, 0.1) is 0 Å². The van der Waals surface area contributed by atoms with Crippen molar-refractivity contribution in [3.63, 3.8) is 0 Å². The summed E-state index contributed by atoms with van der Waals surface area (Å²) in [4.78, 5) is 23.4. The fraction of sp³-hybridized carbons (Fsp3) is 0.368. The highest BCUT2D eigenvalue weighted by atomic mass is 16.6. The summed E-state index contributed by atoms with van der Waals surface area (Å²) in [6, 6.07) is 6.62. The summed E-state index contributed by atoms with van der Waals surface area (Å²) in [6.07, 6.45) is 1.28. The van der Waals surface area contributed by atoms with Crippen LogP contribution in [0.25, 0.3) is 11.0 Å². The van der Waals surface area contributed by atoms with Crippen LogP contribution in [0.4, 0.5) is 0 Å². The number of carbonyl (C=O) groups is 1. The zero-order valence-electron chi connectivity index (χ0n) is 14.4. The fourth-order valence-electron chi connectivity index (χ4n) is 2.80. The number of aliphatic hydroxyl groups is 1. The number of carbonyl (C=O) groups excluding carboxylic acids is 1. The van der Waals surface area contributed by atoms with E-state index in [-0.39, 0.29) is 6.61 Å². The topological polar surface area (TPSA) is 86.0 Å². The van der Waals surface area contributed by atoms with Gasteiger partial charge in [0.1, 0.15) is 23.0 Å². The lowest BCUT2D eigenvalue weighted by molar-refractivity contribution is -0.155. The molecule has 0 amide bonds. The van der Waals surface area contributed by atoms with E-state index >= 15 is 0 Å². The van der Waals surface area contributed by atoms with Crippen molar-refractivity contribution in [1.29, 1.82) is 0 Å². The van der Waals surface area contributed by atoms with E-state index in [1.54, 1.807) is 19.1 Å². The van der Waals surface area contributed by atoms with Gasteiger partial charge in [-0.3, -0.25) is 0 Å². The smallest absolute Gasteiger partial charge is 0.336 e. The highest BCUT2D eigenvalue weighted by molar-refractivity contribution is 5.83. The van der Waals surface area contributed by atoms with Gasteiger partial charge in [-0.1, -0.05) is 0 Å². The van der Waals surface area contributed by atoms with Gasteiger partial charge in [0.25, 0.3) is 0 Å². The molecule has 0 saturated heterocycles. The van der Waals surface area contributed by atoms with Crippen molar-refractivity contribution < 1.29 is 23.8 Å². The molecule has 1 N–H and O–H groups in total. The number of rotatable bonds is 3. The Morgan fingerprint density at radius 1 is 1.40 bits per heavy atom. The van der Waals surface area contributed by atoms with Gasteiger partial charge < -0.3 is 19.0 Å². The molecule has 1 atom stereocenters. The van der Waals surface area contributed by atoms with E-state index in [9.17, 15) is 9.59 Å². The number of aliphatic hydroxyl groups excluding tert-OH is 1. The lowest BCUT2D eigenvalue weighted by atomic mass is 9.90. The van der Waals surface area contributed by atoms with Crippen molar-refractivity contribution in [2.75, 3.05) is 6.61 Å². The molecular formula is C19H20O6. The van der Waals surface area contributed by atoms with Crippen LogP contribution < -0.4 is 10.4 Å². The first-order valence-electron chi connectivity index (χ1n) is 8.03. The maximum atomic E-state index is 12.0. The van der Waals surface area contributed by atoms with Crippen molar-refractivity contribution in [2.45, 2.75) is 38.9 Å². The summed E-state index contributed by atoms with van der Waals surface area (Å²) in [5, 5.41) is 9.79. The van der Waals surface area contributed by atoms with Crippen LogP contribution in [0.3, 0.4) is 0 Å². The average molecular weight is 344 g/mol. The molecule has 0 fully saturated rings. The summed E-state index contributed by atoms with van der Waals surface area (Å²) in [5.41, 5.74) is 0.702. The largest absolute Gasteiger partial charge is 0.484 e. The SMILES string of the molecule is CC(=CC(=O)O[C@H]1Cc2cc3ccc(=O)oc3cc2OC1(C)C)CO. The molecule has 6 nitrogen and oxygen atoms in total. The molecule has 1 aliphatic rings. The summed E-state index contributed by atoms with van der Waals surface area (Å²) in [6.45, 7) is 5.13. The first-order valence-corrected chi connectivity index (χ1v) is 8.03. The molecule has 0 saturated carbocycles. The normalized spacial score (nSPS) is 19.2. The fourth-order valence-corrected chi connectivity index (χ4v) is 2.80. The quantitative estimate of drug-likeness (QED) is 0.523. The molecule has 6 heteroatoms. The highest BCUT2D eigenvalue weighted by Gasteiger charge is 2.39. The lowest BCUT2D eigenvalue weighted by Crippen LogP contribution is -2.48. The molecule has 0 unspecified atom stereocenters. The average Bonchev–Trinajstić information content (AvgIpc) is 2.53. The Labute approximate surface area is 144 Å². The van der Waals surface area contributed by atoms with E-state index in [2.05, 4.69) is 0 Å². The summed E-state index contributed by atoms with van der Waals surface area (Å²) in [7, 11) is 0. The Bertz CT molecular complexity index is 906. The molecule has 132 valence electrons. The number of hydrogen-bond donors (Lipinski definition) is 1. The zero-order valence-corrected chi connectivity index (χ0v) is 14.4. The van der Waals surface area contributed by atoms with E-state index in [1.165, 1.54) is 12.1 Å². The number of benzene rings is 1. The maximum absolute atomic E-state index is 12.0. The van der Waals surface area contributed by atoms with Gasteiger partial charge >= 0.3 is 11.6 Å². The second-order valence-corrected chi connectivity index (χ2v) is 6.74. The van der Waals surface area contributed by atoms with Gasteiger partial charge in [-0.15, -0.1) is 0 Å². The van der Waals surface area contributed by atoms with Gasteiger partial charge in [-0.2, -0.15) is 0 Å². The van der Waals surface area contributed by atoms with Crippen molar-refractivity contribution in [1.82, 2.24) is 0 Å². The van der Waals surface area contributed by atoms with Crippen molar-refractivity contribution >= 4 is 16.9 Å². The van der Waals surface area contributed by atoms with Crippen LogP contribution in [0.5, 0.6) is 5.75 Å². The first kappa shape index (κ1) is 17.2. The summed E-state index contributed by atoms with van der Waals surface area (Å²) >= 11 is 0. The lowest BCUT2D eigenvalue weighted by Gasteiger charge is -2.39. The predicted molar refractivity (Wildman–Crippen MR) is 91.6 cm³/mol. The van der Waals surface area contributed by atoms with E-state index in [4.69, 9.17) is 19.0 Å². The van der Waals surface area contributed by atoms with E-state index in [1.807, 2.05) is 19.9 Å². The molecule has 0 radical (unpaired) electrons. The van der Waals surface area contributed by atoms with Gasteiger partial charge in [-0.25, -0.2) is 9.59 Å². The summed E-state index contributed by atoms with van der Waals surface area (Å²) < 4.78 is 16.7. The molecule has 3 rings (SSSR count). The Hall–Kier alpha value is -2.60. The van der Waals surface area contributed by atoms with Crippen LogP contribution in [-0.4, -0.2) is 29.4 Å². The van der Waals surface area contributed by atoms with Crippen LogP contribution in [-0.2, 0) is 16.0 Å². The molecule has 1 aromatic heterocycles. The Morgan fingerprint density at radius 3 is 2.88 bits per heavy atom. The van der Waals surface area contributed by atoms with Gasteiger partial charge in [0.05, 0.1) is 6.61 Å². The van der Waals surface area contributed by atoms with E-state index in [0.29, 0.717) is 23.3 Å². The number of esters is 1. The molecular weight excluding hydrogens is 324 g/mol. The monoisotopic (exact) mass is 344 g/mol. The zero-order chi connectivity index (χ0) is 18.2. The third-order valence-corrected chi connectivity index (χ3v) is 4.23. The third-order valence-electron chi connectivity index (χ3n) is 4.23. The molecule has 1 aliphatic heterocycles. The van der Waals surface area contributed by atoms with Crippen LogP contribution in [0.2, 0.25) is 0 Å². The van der Waals surface area contributed by atoms with E-state index < -0.39 is 23.3 Å². The van der Waals surface area contributed by atoms with Crippen molar-refractivity contribution in [3.8, 4) is 5.75 Å². The first-order chi connectivity index (χ1) is 11.8. The van der Waals surface area contributed by atoms with Crippen LogP contribution >= 0.6 is 0 Å². The second-order valence-electron chi connectivity index (χ2n) is 6.74. The molecule has 25 heavy (non-hydrogen) atoms. The molecule has 1 aromatic carbocycles. The van der Waals surface area contributed by atoms with Crippen molar-refractivity contribution in [2.24, 2.45) is 0 Å². The van der Waals surface area contributed by atoms with Gasteiger partial charge in [0.2, 0.25) is 0 Å². The van der Waals surface area contributed by atoms with Gasteiger partial charge in [-0.05, 0) is 44.0 Å². The molecule has 0 spiro atoms. The minimum atomic E-state index is -0.744. The minimum Gasteiger partial charge on any atom is -0.484 e. The highest BCUT2D eigenvalue weighted by Crippen LogP contribution is 2.37. The Morgan fingerprint density at radius 2 is 2.16 bits per heavy atom. The molecule has 0 bridgehead atoms. The number of hydrogen-bond acceptors (Lipinski definition) is 6. The Balaban J connectivity index is 1.92. The molecule has 2 heterocycles.